The van der Waals surface area contributed by atoms with Gasteiger partial charge in [0.15, 0.2) is 0 Å². The number of nitro benzene ring substituents is 1. The Morgan fingerprint density at radius 1 is 1.36 bits per heavy atom. The highest BCUT2D eigenvalue weighted by molar-refractivity contribution is 5.96. The monoisotopic (exact) mass is 305 g/mol. The number of benzene rings is 1. The Morgan fingerprint density at radius 3 is 2.73 bits per heavy atom. The third-order valence-corrected chi connectivity index (χ3v) is 3.79. The second-order valence-corrected chi connectivity index (χ2v) is 5.86. The standard InChI is InChI=1S/C14H19N5O3/c1-8-6-13(18-17-8)16-14(20)9-2-5-11(15-10-3-4-10)12(7-9)19(21)22/h2,5,7-8,10,13,15,17-18H,3-4,6H2,1H3,(H,16,20). The van der Waals surface area contributed by atoms with E-state index in [0.717, 1.165) is 19.3 Å². The fraction of sp³-hybridized carbons (Fsp3) is 0.500. The fourth-order valence-electron chi connectivity index (χ4n) is 2.44. The van der Waals surface area contributed by atoms with Crippen molar-refractivity contribution >= 4 is 17.3 Å². The predicted octanol–water partition coefficient (Wildman–Crippen LogP) is 1.11. The maximum Gasteiger partial charge on any atom is 0.293 e. The van der Waals surface area contributed by atoms with Gasteiger partial charge in [-0.3, -0.25) is 20.3 Å². The summed E-state index contributed by atoms with van der Waals surface area (Å²) in [7, 11) is 0. The zero-order valence-corrected chi connectivity index (χ0v) is 12.3. The minimum absolute atomic E-state index is 0.0644. The van der Waals surface area contributed by atoms with Crippen LogP contribution in [0.3, 0.4) is 0 Å². The van der Waals surface area contributed by atoms with E-state index in [1.807, 2.05) is 6.92 Å². The molecule has 1 aromatic rings. The summed E-state index contributed by atoms with van der Waals surface area (Å²) in [4.78, 5) is 22.9. The number of anilines is 1. The molecule has 1 amide bonds. The summed E-state index contributed by atoms with van der Waals surface area (Å²) >= 11 is 0. The van der Waals surface area contributed by atoms with E-state index in [1.54, 1.807) is 12.1 Å². The van der Waals surface area contributed by atoms with Crippen LogP contribution in [-0.2, 0) is 0 Å². The van der Waals surface area contributed by atoms with Gasteiger partial charge in [-0.2, -0.15) is 0 Å². The maximum atomic E-state index is 12.2. The van der Waals surface area contributed by atoms with Gasteiger partial charge in [-0.15, -0.1) is 0 Å². The quantitative estimate of drug-likeness (QED) is 0.479. The van der Waals surface area contributed by atoms with Gasteiger partial charge < -0.3 is 10.6 Å². The van der Waals surface area contributed by atoms with Crippen molar-refractivity contribution in [2.24, 2.45) is 0 Å². The van der Waals surface area contributed by atoms with Crippen LogP contribution >= 0.6 is 0 Å². The molecule has 1 saturated carbocycles. The van der Waals surface area contributed by atoms with Crippen LogP contribution < -0.4 is 21.5 Å². The average molecular weight is 305 g/mol. The van der Waals surface area contributed by atoms with Crippen LogP contribution in [0.2, 0.25) is 0 Å². The van der Waals surface area contributed by atoms with E-state index in [0.29, 0.717) is 11.7 Å². The second kappa shape index (κ2) is 5.90. The minimum atomic E-state index is -0.459. The van der Waals surface area contributed by atoms with Crippen molar-refractivity contribution < 1.29 is 9.72 Å². The average Bonchev–Trinajstić information content (AvgIpc) is 3.20. The van der Waals surface area contributed by atoms with Gasteiger partial charge >= 0.3 is 0 Å². The largest absolute Gasteiger partial charge is 0.377 e. The first kappa shape index (κ1) is 14.7. The summed E-state index contributed by atoms with van der Waals surface area (Å²) in [6, 6.07) is 5.12. The zero-order chi connectivity index (χ0) is 15.7. The number of carbonyl (C=O) groups is 1. The van der Waals surface area contributed by atoms with Crippen molar-refractivity contribution in [3.63, 3.8) is 0 Å². The third-order valence-electron chi connectivity index (χ3n) is 3.79. The number of amides is 1. The van der Waals surface area contributed by atoms with Gasteiger partial charge in [-0.05, 0) is 38.3 Å². The molecule has 1 saturated heterocycles. The third kappa shape index (κ3) is 3.34. The molecule has 1 aliphatic carbocycles. The van der Waals surface area contributed by atoms with Gasteiger partial charge in [-0.25, -0.2) is 5.43 Å². The van der Waals surface area contributed by atoms with Gasteiger partial charge in [0, 0.05) is 23.7 Å². The number of nitrogens with zero attached hydrogens (tertiary/aromatic N) is 1. The van der Waals surface area contributed by atoms with Crippen LogP contribution in [-0.4, -0.2) is 29.1 Å². The molecular weight excluding hydrogens is 286 g/mol. The van der Waals surface area contributed by atoms with Crippen LogP contribution in [0.15, 0.2) is 18.2 Å². The molecule has 1 aromatic carbocycles. The Bertz CT molecular complexity index is 602. The van der Waals surface area contributed by atoms with Crippen LogP contribution in [0, 0.1) is 10.1 Å². The molecule has 8 heteroatoms. The Labute approximate surface area is 127 Å². The van der Waals surface area contributed by atoms with Crippen molar-refractivity contribution in [1.29, 1.82) is 0 Å². The SMILES string of the molecule is CC1CC(NC(=O)c2ccc(NC3CC3)c([N+](=O)[O-])c2)NN1. The first-order chi connectivity index (χ1) is 10.5. The summed E-state index contributed by atoms with van der Waals surface area (Å²) in [5, 5.41) is 17.1. The minimum Gasteiger partial charge on any atom is -0.377 e. The molecule has 0 spiro atoms. The van der Waals surface area contributed by atoms with Crippen LogP contribution in [0.25, 0.3) is 0 Å². The molecule has 2 aliphatic rings. The van der Waals surface area contributed by atoms with Crippen LogP contribution in [0.5, 0.6) is 0 Å². The van der Waals surface area contributed by atoms with E-state index in [1.165, 1.54) is 6.07 Å². The second-order valence-electron chi connectivity index (χ2n) is 5.86. The highest BCUT2D eigenvalue weighted by Gasteiger charge is 2.26. The highest BCUT2D eigenvalue weighted by atomic mass is 16.6. The van der Waals surface area contributed by atoms with Gasteiger partial charge in [0.25, 0.3) is 11.6 Å². The van der Waals surface area contributed by atoms with E-state index >= 15 is 0 Å². The number of carbonyl (C=O) groups excluding carboxylic acids is 1. The number of hydrazine groups is 1. The molecule has 3 rings (SSSR count). The smallest absolute Gasteiger partial charge is 0.293 e. The highest BCUT2D eigenvalue weighted by Crippen LogP contribution is 2.31. The van der Waals surface area contributed by atoms with Gasteiger partial charge in [0.1, 0.15) is 5.69 Å². The first-order valence-corrected chi connectivity index (χ1v) is 7.40. The van der Waals surface area contributed by atoms with Crippen LogP contribution in [0.1, 0.15) is 36.5 Å². The zero-order valence-electron chi connectivity index (χ0n) is 12.3. The normalized spacial score (nSPS) is 24.0. The van der Waals surface area contributed by atoms with Crippen LogP contribution in [0.4, 0.5) is 11.4 Å². The summed E-state index contributed by atoms with van der Waals surface area (Å²) < 4.78 is 0. The summed E-state index contributed by atoms with van der Waals surface area (Å²) in [5.41, 5.74) is 6.67. The molecule has 2 fully saturated rings. The number of rotatable bonds is 5. The molecule has 0 radical (unpaired) electrons. The molecule has 0 bridgehead atoms. The molecule has 0 aromatic heterocycles. The molecule has 2 atom stereocenters. The molecular formula is C14H19N5O3. The Morgan fingerprint density at radius 2 is 2.14 bits per heavy atom. The summed E-state index contributed by atoms with van der Waals surface area (Å²) in [5.74, 6) is -0.325. The van der Waals surface area contributed by atoms with Gasteiger partial charge in [0.05, 0.1) is 11.1 Å². The molecule has 118 valence electrons. The van der Waals surface area contributed by atoms with Crippen molar-refractivity contribution in [3.8, 4) is 0 Å². The molecule has 1 heterocycles. The summed E-state index contributed by atoms with van der Waals surface area (Å²) in [6.07, 6.45) is 2.64. The Kier molecular flexibility index (Phi) is 3.95. The number of hydrogen-bond acceptors (Lipinski definition) is 6. The lowest BCUT2D eigenvalue weighted by Gasteiger charge is -2.13. The fourth-order valence-corrected chi connectivity index (χ4v) is 2.44. The molecule has 8 nitrogen and oxygen atoms in total. The van der Waals surface area contributed by atoms with E-state index in [4.69, 9.17) is 0 Å². The molecule has 1 aliphatic heterocycles. The van der Waals surface area contributed by atoms with Crippen molar-refractivity contribution in [2.75, 3.05) is 5.32 Å². The Hall–Kier alpha value is -2.19. The lowest BCUT2D eigenvalue weighted by Crippen LogP contribution is -2.44. The van der Waals surface area contributed by atoms with E-state index in [9.17, 15) is 14.9 Å². The van der Waals surface area contributed by atoms with Gasteiger partial charge in [-0.1, -0.05) is 0 Å². The van der Waals surface area contributed by atoms with E-state index < -0.39 is 4.92 Å². The maximum absolute atomic E-state index is 12.2. The van der Waals surface area contributed by atoms with E-state index in [-0.39, 0.29) is 29.4 Å². The number of hydrogen-bond donors (Lipinski definition) is 4. The Balaban J connectivity index is 1.73. The van der Waals surface area contributed by atoms with Gasteiger partial charge in [0.2, 0.25) is 0 Å². The number of nitro groups is 1. The topological polar surface area (TPSA) is 108 Å². The van der Waals surface area contributed by atoms with Crippen molar-refractivity contribution in [2.45, 2.75) is 44.4 Å². The molecule has 4 N–H and O–H groups in total. The van der Waals surface area contributed by atoms with E-state index in [2.05, 4.69) is 21.5 Å². The predicted molar refractivity (Wildman–Crippen MR) is 81.3 cm³/mol. The van der Waals surface area contributed by atoms with Crippen molar-refractivity contribution in [1.82, 2.24) is 16.2 Å². The lowest BCUT2D eigenvalue weighted by atomic mass is 10.1. The summed E-state index contributed by atoms with van der Waals surface area (Å²) in [6.45, 7) is 2.00. The first-order valence-electron chi connectivity index (χ1n) is 7.40. The number of nitrogens with one attached hydrogen (secondary N) is 4. The van der Waals surface area contributed by atoms with Crippen molar-refractivity contribution in [3.05, 3.63) is 33.9 Å². The molecule has 22 heavy (non-hydrogen) atoms. The lowest BCUT2D eigenvalue weighted by molar-refractivity contribution is -0.384. The molecule has 2 unspecified atom stereocenters.